The molecule has 0 bridgehead atoms. The van der Waals surface area contributed by atoms with E-state index in [2.05, 4.69) is 21.2 Å². The highest BCUT2D eigenvalue weighted by Crippen LogP contribution is 2.38. The first kappa shape index (κ1) is 12.1. The zero-order chi connectivity index (χ0) is 12.6. The summed E-state index contributed by atoms with van der Waals surface area (Å²) in [5, 5.41) is 11.7. The van der Waals surface area contributed by atoms with Crippen LogP contribution in [0.3, 0.4) is 0 Å². The van der Waals surface area contributed by atoms with E-state index in [9.17, 15) is 9.59 Å². The van der Waals surface area contributed by atoms with E-state index in [0.29, 0.717) is 11.6 Å². The Morgan fingerprint density at radius 2 is 2.12 bits per heavy atom. The van der Waals surface area contributed by atoms with Gasteiger partial charge in [-0.25, -0.2) is 4.79 Å². The summed E-state index contributed by atoms with van der Waals surface area (Å²) in [5.41, 5.74) is 0.450. The fourth-order valence-electron chi connectivity index (χ4n) is 1.72. The Morgan fingerprint density at radius 1 is 1.47 bits per heavy atom. The van der Waals surface area contributed by atoms with E-state index in [4.69, 9.17) is 5.11 Å². The third-order valence-electron chi connectivity index (χ3n) is 2.92. The average Bonchev–Trinajstić information content (AvgIpc) is 2.95. The van der Waals surface area contributed by atoms with Crippen molar-refractivity contribution in [2.24, 2.45) is 11.8 Å². The smallest absolute Gasteiger partial charge is 0.337 e. The molecule has 0 radical (unpaired) electrons. The van der Waals surface area contributed by atoms with E-state index in [0.717, 1.165) is 10.9 Å². The predicted octanol–water partition coefficient (Wildman–Crippen LogP) is 2.74. The molecule has 2 atom stereocenters. The van der Waals surface area contributed by atoms with Crippen molar-refractivity contribution < 1.29 is 14.7 Å². The molecule has 0 heterocycles. The number of anilines is 1. The van der Waals surface area contributed by atoms with Gasteiger partial charge in [-0.1, -0.05) is 22.9 Å². The van der Waals surface area contributed by atoms with Gasteiger partial charge < -0.3 is 10.4 Å². The van der Waals surface area contributed by atoms with E-state index in [1.165, 1.54) is 6.07 Å². The summed E-state index contributed by atoms with van der Waals surface area (Å²) in [4.78, 5) is 22.7. The second-order valence-electron chi connectivity index (χ2n) is 4.30. The van der Waals surface area contributed by atoms with Crippen LogP contribution < -0.4 is 5.32 Å². The fourth-order valence-corrected chi connectivity index (χ4v) is 2.08. The number of carbonyl (C=O) groups is 2. The maximum Gasteiger partial charge on any atom is 0.337 e. The molecule has 1 aromatic rings. The van der Waals surface area contributed by atoms with Crippen molar-refractivity contribution in [3.63, 3.8) is 0 Å². The molecule has 0 aromatic heterocycles. The van der Waals surface area contributed by atoms with Gasteiger partial charge in [-0.2, -0.15) is 0 Å². The van der Waals surface area contributed by atoms with E-state index < -0.39 is 5.97 Å². The van der Waals surface area contributed by atoms with Gasteiger partial charge in [0.15, 0.2) is 0 Å². The molecule has 0 aliphatic heterocycles. The lowest BCUT2D eigenvalue weighted by Crippen LogP contribution is -2.16. The zero-order valence-corrected chi connectivity index (χ0v) is 10.8. The van der Waals surface area contributed by atoms with Crippen LogP contribution in [0.2, 0.25) is 0 Å². The standard InChI is InChI=1S/C12H12BrNO3/c1-6-4-9(6)11(15)14-10-5-7(13)2-3-8(10)12(16)17/h2-3,5-6,9H,4H2,1H3,(H,14,15)(H,16,17). The molecule has 2 N–H and O–H groups in total. The fraction of sp³-hybridized carbons (Fsp3) is 0.333. The number of hydrogen-bond donors (Lipinski definition) is 2. The molecular formula is C12H12BrNO3. The van der Waals surface area contributed by atoms with Crippen LogP contribution in [0.5, 0.6) is 0 Å². The third-order valence-corrected chi connectivity index (χ3v) is 3.41. The molecule has 5 heteroatoms. The molecule has 1 saturated carbocycles. The molecule has 1 amide bonds. The van der Waals surface area contributed by atoms with Crippen molar-refractivity contribution in [2.75, 3.05) is 5.32 Å². The Hall–Kier alpha value is -1.36. The van der Waals surface area contributed by atoms with Crippen molar-refractivity contribution in [2.45, 2.75) is 13.3 Å². The van der Waals surface area contributed by atoms with Crippen molar-refractivity contribution in [3.8, 4) is 0 Å². The number of amides is 1. The lowest BCUT2D eigenvalue weighted by Gasteiger charge is -2.08. The van der Waals surface area contributed by atoms with Crippen LogP contribution >= 0.6 is 15.9 Å². The van der Waals surface area contributed by atoms with E-state index >= 15 is 0 Å². The van der Waals surface area contributed by atoms with Crippen LogP contribution in [0.1, 0.15) is 23.7 Å². The maximum absolute atomic E-state index is 11.8. The Morgan fingerprint density at radius 3 is 2.65 bits per heavy atom. The molecule has 1 aliphatic rings. The normalized spacial score (nSPS) is 22.0. The minimum absolute atomic E-state index is 0.0237. The quantitative estimate of drug-likeness (QED) is 0.901. The number of aromatic carboxylic acids is 1. The molecule has 0 saturated heterocycles. The van der Waals surface area contributed by atoms with Gasteiger partial charge in [0.25, 0.3) is 0 Å². The summed E-state index contributed by atoms with van der Waals surface area (Å²) in [6.45, 7) is 2.00. The highest BCUT2D eigenvalue weighted by Gasteiger charge is 2.39. The topological polar surface area (TPSA) is 66.4 Å². The summed E-state index contributed by atoms with van der Waals surface area (Å²) in [6.07, 6.45) is 0.877. The number of rotatable bonds is 3. The van der Waals surface area contributed by atoms with E-state index in [1.54, 1.807) is 12.1 Å². The lowest BCUT2D eigenvalue weighted by atomic mass is 10.1. The molecule has 1 fully saturated rings. The first-order chi connectivity index (χ1) is 7.99. The molecule has 2 unspecified atom stereocenters. The molecule has 17 heavy (non-hydrogen) atoms. The zero-order valence-electron chi connectivity index (χ0n) is 9.24. The van der Waals surface area contributed by atoms with Crippen LogP contribution in [0.25, 0.3) is 0 Å². The largest absolute Gasteiger partial charge is 0.478 e. The molecule has 2 rings (SSSR count). The number of hydrogen-bond acceptors (Lipinski definition) is 2. The van der Waals surface area contributed by atoms with Gasteiger partial charge >= 0.3 is 5.97 Å². The Labute approximate surface area is 107 Å². The number of carboxylic acids is 1. The molecular weight excluding hydrogens is 286 g/mol. The van der Waals surface area contributed by atoms with Crippen molar-refractivity contribution in [1.29, 1.82) is 0 Å². The number of halogens is 1. The van der Waals surface area contributed by atoms with Gasteiger partial charge in [0, 0.05) is 10.4 Å². The summed E-state index contributed by atoms with van der Waals surface area (Å²) in [7, 11) is 0. The van der Waals surface area contributed by atoms with Crippen LogP contribution in [-0.4, -0.2) is 17.0 Å². The first-order valence-electron chi connectivity index (χ1n) is 5.32. The van der Waals surface area contributed by atoms with Gasteiger partial charge in [-0.3, -0.25) is 4.79 Å². The van der Waals surface area contributed by atoms with Crippen LogP contribution in [0.4, 0.5) is 5.69 Å². The van der Waals surface area contributed by atoms with E-state index in [1.807, 2.05) is 6.92 Å². The second-order valence-corrected chi connectivity index (χ2v) is 5.22. The van der Waals surface area contributed by atoms with E-state index in [-0.39, 0.29) is 17.4 Å². The van der Waals surface area contributed by atoms with Gasteiger partial charge in [-0.15, -0.1) is 0 Å². The van der Waals surface area contributed by atoms with Crippen LogP contribution in [-0.2, 0) is 4.79 Å². The molecule has 90 valence electrons. The monoisotopic (exact) mass is 297 g/mol. The third kappa shape index (κ3) is 2.66. The summed E-state index contributed by atoms with van der Waals surface area (Å²) >= 11 is 3.26. The van der Waals surface area contributed by atoms with Crippen LogP contribution in [0, 0.1) is 11.8 Å². The SMILES string of the molecule is CC1CC1C(=O)Nc1cc(Br)ccc1C(=O)O. The Bertz CT molecular complexity index is 487. The molecule has 1 aliphatic carbocycles. The minimum atomic E-state index is -1.04. The van der Waals surface area contributed by atoms with Crippen molar-refractivity contribution in [1.82, 2.24) is 0 Å². The van der Waals surface area contributed by atoms with Gasteiger partial charge in [0.2, 0.25) is 5.91 Å². The summed E-state index contributed by atoms with van der Waals surface area (Å²) < 4.78 is 0.738. The van der Waals surface area contributed by atoms with Gasteiger partial charge in [0.05, 0.1) is 11.3 Å². The second kappa shape index (κ2) is 4.49. The van der Waals surface area contributed by atoms with Gasteiger partial charge in [-0.05, 0) is 30.5 Å². The Kier molecular flexibility index (Phi) is 3.19. The molecule has 0 spiro atoms. The first-order valence-corrected chi connectivity index (χ1v) is 6.12. The number of carbonyl (C=O) groups excluding carboxylic acids is 1. The minimum Gasteiger partial charge on any atom is -0.478 e. The number of carboxylic acid groups (broad SMARTS) is 1. The van der Waals surface area contributed by atoms with Crippen molar-refractivity contribution in [3.05, 3.63) is 28.2 Å². The molecule has 1 aromatic carbocycles. The summed E-state index contributed by atoms with van der Waals surface area (Å²) in [5.74, 6) is -0.721. The maximum atomic E-state index is 11.8. The highest BCUT2D eigenvalue weighted by molar-refractivity contribution is 9.10. The molecule has 4 nitrogen and oxygen atoms in total. The highest BCUT2D eigenvalue weighted by atomic mass is 79.9. The lowest BCUT2D eigenvalue weighted by molar-refractivity contribution is -0.117. The Balaban J connectivity index is 2.21. The number of benzene rings is 1. The summed E-state index contributed by atoms with van der Waals surface area (Å²) in [6, 6.07) is 4.71. The van der Waals surface area contributed by atoms with Crippen LogP contribution in [0.15, 0.2) is 22.7 Å². The van der Waals surface area contributed by atoms with Crippen molar-refractivity contribution >= 4 is 33.5 Å². The number of nitrogens with one attached hydrogen (secondary N) is 1. The predicted molar refractivity (Wildman–Crippen MR) is 67.0 cm³/mol. The van der Waals surface area contributed by atoms with Gasteiger partial charge in [0.1, 0.15) is 0 Å². The average molecular weight is 298 g/mol.